The summed E-state index contributed by atoms with van der Waals surface area (Å²) in [4.78, 5) is 0. The first kappa shape index (κ1) is 10.5. The molecule has 1 aliphatic carbocycles. The number of anilines is 1. The van der Waals surface area contributed by atoms with Crippen LogP contribution in [0.25, 0.3) is 0 Å². The number of nitrogens with zero attached hydrogens (tertiary/aromatic N) is 2. The third-order valence-electron chi connectivity index (χ3n) is 3.72. The van der Waals surface area contributed by atoms with Crippen LogP contribution in [0.4, 0.5) is 5.82 Å². The minimum atomic E-state index is 0.587. The lowest BCUT2D eigenvalue weighted by Gasteiger charge is -2.27. The monoisotopic (exact) mass is 207 g/mol. The molecule has 0 bridgehead atoms. The van der Waals surface area contributed by atoms with Crippen LogP contribution in [0.1, 0.15) is 50.6 Å². The quantitative estimate of drug-likeness (QED) is 0.810. The van der Waals surface area contributed by atoms with Crippen LogP contribution in [0.5, 0.6) is 0 Å². The molecule has 0 aromatic carbocycles. The van der Waals surface area contributed by atoms with Gasteiger partial charge in [0.2, 0.25) is 0 Å². The van der Waals surface area contributed by atoms with Crippen LogP contribution < -0.4 is 5.73 Å². The minimum absolute atomic E-state index is 0.587. The Kier molecular flexibility index (Phi) is 2.98. The molecule has 0 aliphatic heterocycles. The molecule has 2 N–H and O–H groups in total. The molecule has 1 heterocycles. The third kappa shape index (κ3) is 2.16. The highest BCUT2D eigenvalue weighted by Gasteiger charge is 2.21. The number of aromatic nitrogens is 2. The van der Waals surface area contributed by atoms with Crippen LogP contribution >= 0.6 is 0 Å². The van der Waals surface area contributed by atoms with Crippen LogP contribution in [-0.4, -0.2) is 9.78 Å². The topological polar surface area (TPSA) is 43.8 Å². The van der Waals surface area contributed by atoms with Crippen LogP contribution in [0.3, 0.4) is 0 Å². The van der Waals surface area contributed by atoms with Gasteiger partial charge in [0.25, 0.3) is 0 Å². The maximum atomic E-state index is 5.77. The summed E-state index contributed by atoms with van der Waals surface area (Å²) in [5.74, 6) is 1.63. The number of nitrogen functional groups attached to an aromatic ring is 1. The summed E-state index contributed by atoms with van der Waals surface area (Å²) < 4.78 is 2.08. The van der Waals surface area contributed by atoms with Gasteiger partial charge in [0.15, 0.2) is 0 Å². The van der Waals surface area contributed by atoms with Crippen molar-refractivity contribution in [2.45, 2.75) is 52.0 Å². The van der Waals surface area contributed by atoms with Crippen molar-refractivity contribution in [1.82, 2.24) is 9.78 Å². The van der Waals surface area contributed by atoms with E-state index >= 15 is 0 Å². The normalized spacial score (nSPS) is 26.8. The third-order valence-corrected chi connectivity index (χ3v) is 3.72. The zero-order chi connectivity index (χ0) is 10.8. The summed E-state index contributed by atoms with van der Waals surface area (Å²) in [6.07, 6.45) is 8.64. The molecule has 1 aromatic heterocycles. The van der Waals surface area contributed by atoms with E-state index in [1.807, 2.05) is 6.92 Å². The molecule has 1 fully saturated rings. The first-order valence-electron chi connectivity index (χ1n) is 6.02. The van der Waals surface area contributed by atoms with Crippen molar-refractivity contribution in [3.63, 3.8) is 0 Å². The Hall–Kier alpha value is -0.990. The van der Waals surface area contributed by atoms with Gasteiger partial charge in [-0.25, -0.2) is 0 Å². The SMILES string of the molecule is CCC1CCC(n2cc(C)c(N)n2)CC1. The molecule has 2 rings (SSSR count). The fourth-order valence-corrected chi connectivity index (χ4v) is 2.50. The van der Waals surface area contributed by atoms with Crippen molar-refractivity contribution in [3.05, 3.63) is 11.8 Å². The van der Waals surface area contributed by atoms with E-state index in [9.17, 15) is 0 Å². The molecular weight excluding hydrogens is 186 g/mol. The van der Waals surface area contributed by atoms with Crippen molar-refractivity contribution < 1.29 is 0 Å². The number of nitrogens with two attached hydrogens (primary N) is 1. The van der Waals surface area contributed by atoms with E-state index in [-0.39, 0.29) is 0 Å². The first-order chi connectivity index (χ1) is 7.20. The van der Waals surface area contributed by atoms with E-state index in [1.165, 1.54) is 32.1 Å². The smallest absolute Gasteiger partial charge is 0.148 e. The van der Waals surface area contributed by atoms with Crippen LogP contribution in [0.2, 0.25) is 0 Å². The van der Waals surface area contributed by atoms with E-state index < -0.39 is 0 Å². The van der Waals surface area contributed by atoms with Gasteiger partial charge < -0.3 is 5.73 Å². The second kappa shape index (κ2) is 4.25. The highest BCUT2D eigenvalue weighted by Crippen LogP contribution is 2.33. The van der Waals surface area contributed by atoms with Gasteiger partial charge in [-0.2, -0.15) is 5.10 Å². The van der Waals surface area contributed by atoms with Gasteiger partial charge in [0, 0.05) is 11.8 Å². The molecular formula is C12H21N3. The second-order valence-electron chi connectivity index (χ2n) is 4.76. The minimum Gasteiger partial charge on any atom is -0.382 e. The summed E-state index contributed by atoms with van der Waals surface area (Å²) >= 11 is 0. The molecule has 0 spiro atoms. The Balaban J connectivity index is 2.01. The molecule has 1 saturated carbocycles. The Morgan fingerprint density at radius 3 is 2.53 bits per heavy atom. The van der Waals surface area contributed by atoms with Crippen molar-refractivity contribution >= 4 is 5.82 Å². The van der Waals surface area contributed by atoms with E-state index in [1.54, 1.807) is 0 Å². The maximum Gasteiger partial charge on any atom is 0.148 e. The highest BCUT2D eigenvalue weighted by molar-refractivity contribution is 5.35. The maximum absolute atomic E-state index is 5.77. The molecule has 0 amide bonds. The Bertz CT molecular complexity index is 302. The van der Waals surface area contributed by atoms with Crippen LogP contribution in [-0.2, 0) is 0 Å². The van der Waals surface area contributed by atoms with Gasteiger partial charge in [-0.3, -0.25) is 4.68 Å². The van der Waals surface area contributed by atoms with Crippen molar-refractivity contribution in [1.29, 1.82) is 0 Å². The average Bonchev–Trinajstić information content (AvgIpc) is 2.59. The largest absolute Gasteiger partial charge is 0.382 e. The molecule has 0 radical (unpaired) electrons. The zero-order valence-corrected chi connectivity index (χ0v) is 9.74. The second-order valence-corrected chi connectivity index (χ2v) is 4.76. The number of aryl methyl sites for hydroxylation is 1. The van der Waals surface area contributed by atoms with Crippen molar-refractivity contribution in [2.75, 3.05) is 5.73 Å². The lowest BCUT2D eigenvalue weighted by molar-refractivity contribution is 0.256. The molecule has 1 aliphatic rings. The number of rotatable bonds is 2. The summed E-state index contributed by atoms with van der Waals surface area (Å²) in [7, 11) is 0. The number of hydrogen-bond donors (Lipinski definition) is 1. The van der Waals surface area contributed by atoms with Gasteiger partial charge in [0.1, 0.15) is 5.82 Å². The first-order valence-corrected chi connectivity index (χ1v) is 6.02. The van der Waals surface area contributed by atoms with Crippen LogP contribution in [0.15, 0.2) is 6.20 Å². The van der Waals surface area contributed by atoms with Gasteiger partial charge in [-0.1, -0.05) is 13.3 Å². The van der Waals surface area contributed by atoms with Crippen molar-refractivity contribution in [3.8, 4) is 0 Å². The summed E-state index contributed by atoms with van der Waals surface area (Å²) in [6, 6.07) is 0.587. The fraction of sp³-hybridized carbons (Fsp3) is 0.750. The Labute approximate surface area is 91.7 Å². The lowest BCUT2D eigenvalue weighted by Crippen LogP contribution is -2.18. The Morgan fingerprint density at radius 2 is 2.07 bits per heavy atom. The molecule has 0 atom stereocenters. The lowest BCUT2D eigenvalue weighted by atomic mass is 9.85. The average molecular weight is 207 g/mol. The van der Waals surface area contributed by atoms with E-state index in [4.69, 9.17) is 5.73 Å². The van der Waals surface area contributed by atoms with E-state index in [0.717, 1.165) is 11.5 Å². The molecule has 0 saturated heterocycles. The van der Waals surface area contributed by atoms with Gasteiger partial charge >= 0.3 is 0 Å². The standard InChI is InChI=1S/C12H21N3/c1-3-10-4-6-11(7-5-10)15-8-9(2)12(13)14-15/h8,10-11H,3-7H2,1-2H3,(H2,13,14). The Morgan fingerprint density at radius 1 is 1.40 bits per heavy atom. The molecule has 3 nitrogen and oxygen atoms in total. The van der Waals surface area contributed by atoms with E-state index in [0.29, 0.717) is 11.9 Å². The highest BCUT2D eigenvalue weighted by atomic mass is 15.3. The fourth-order valence-electron chi connectivity index (χ4n) is 2.50. The van der Waals surface area contributed by atoms with Gasteiger partial charge in [-0.15, -0.1) is 0 Å². The van der Waals surface area contributed by atoms with Gasteiger partial charge in [-0.05, 0) is 38.5 Å². The molecule has 1 aromatic rings. The summed E-state index contributed by atoms with van der Waals surface area (Å²) in [5, 5.41) is 4.38. The molecule has 15 heavy (non-hydrogen) atoms. The van der Waals surface area contributed by atoms with Gasteiger partial charge in [0.05, 0.1) is 6.04 Å². The summed E-state index contributed by atoms with van der Waals surface area (Å²) in [6.45, 7) is 4.32. The summed E-state index contributed by atoms with van der Waals surface area (Å²) in [5.41, 5.74) is 6.87. The molecule has 3 heteroatoms. The number of hydrogen-bond acceptors (Lipinski definition) is 2. The van der Waals surface area contributed by atoms with E-state index in [2.05, 4.69) is 22.9 Å². The predicted octanol–water partition coefficient (Wildman–Crippen LogP) is 2.92. The molecule has 0 unspecified atom stereocenters. The zero-order valence-electron chi connectivity index (χ0n) is 9.74. The predicted molar refractivity (Wildman–Crippen MR) is 62.7 cm³/mol. The molecule has 84 valence electrons. The van der Waals surface area contributed by atoms with Crippen molar-refractivity contribution in [2.24, 2.45) is 5.92 Å². The van der Waals surface area contributed by atoms with Crippen LogP contribution in [0, 0.1) is 12.8 Å².